The van der Waals surface area contributed by atoms with Gasteiger partial charge < -0.3 is 5.73 Å². The van der Waals surface area contributed by atoms with Gasteiger partial charge in [0.15, 0.2) is 9.84 Å². The maximum Gasteiger partial charge on any atom is 0.293 e. The van der Waals surface area contributed by atoms with E-state index < -0.39 is 14.8 Å². The highest BCUT2D eigenvalue weighted by Gasteiger charge is 2.23. The number of hydrogen-bond donors (Lipinski definition) is 1. The molecule has 0 bridgehead atoms. The molecule has 118 valence electrons. The van der Waals surface area contributed by atoms with Gasteiger partial charge in [-0.1, -0.05) is 33.1 Å². The summed E-state index contributed by atoms with van der Waals surface area (Å²) in [7, 11) is -3.53. The van der Waals surface area contributed by atoms with Gasteiger partial charge in [0.2, 0.25) is 0 Å². The van der Waals surface area contributed by atoms with Crippen LogP contribution < -0.4 is 5.73 Å². The second kappa shape index (κ2) is 7.40. The molecule has 1 atom stereocenters. The Labute approximate surface area is 125 Å². The minimum Gasteiger partial charge on any atom is -0.393 e. The fourth-order valence-electron chi connectivity index (χ4n) is 2.18. The lowest BCUT2D eigenvalue weighted by atomic mass is 10.0. The van der Waals surface area contributed by atoms with E-state index in [2.05, 4.69) is 6.92 Å². The molecule has 0 aliphatic rings. The molecule has 0 saturated carbocycles. The van der Waals surface area contributed by atoms with Gasteiger partial charge in [0, 0.05) is 6.07 Å². The van der Waals surface area contributed by atoms with Gasteiger partial charge in [-0.15, -0.1) is 0 Å². The van der Waals surface area contributed by atoms with Crippen molar-refractivity contribution in [1.82, 2.24) is 0 Å². The molecular formula is C14H22N2O4S. The van der Waals surface area contributed by atoms with Gasteiger partial charge in [-0.2, -0.15) is 0 Å². The maximum atomic E-state index is 12.4. The van der Waals surface area contributed by atoms with Gasteiger partial charge in [0.25, 0.3) is 5.69 Å². The Morgan fingerprint density at radius 3 is 2.52 bits per heavy atom. The molecular weight excluding hydrogens is 292 g/mol. The van der Waals surface area contributed by atoms with E-state index in [0.717, 1.165) is 31.7 Å². The van der Waals surface area contributed by atoms with Crippen molar-refractivity contribution >= 4 is 21.2 Å². The van der Waals surface area contributed by atoms with Crippen molar-refractivity contribution in [2.24, 2.45) is 5.92 Å². The molecule has 0 aromatic heterocycles. The molecule has 1 aromatic rings. The van der Waals surface area contributed by atoms with Gasteiger partial charge in [0.05, 0.1) is 15.6 Å². The first-order valence-electron chi connectivity index (χ1n) is 7.08. The van der Waals surface area contributed by atoms with Crippen molar-refractivity contribution in [3.63, 3.8) is 0 Å². The molecule has 0 radical (unpaired) electrons. The number of hydrogen-bond acceptors (Lipinski definition) is 5. The van der Waals surface area contributed by atoms with Crippen LogP contribution in [0.25, 0.3) is 0 Å². The summed E-state index contributed by atoms with van der Waals surface area (Å²) in [5, 5.41) is 10.9. The van der Waals surface area contributed by atoms with Crippen LogP contribution in [-0.2, 0) is 9.84 Å². The quantitative estimate of drug-likeness (QED) is 0.451. The Morgan fingerprint density at radius 2 is 2.00 bits per heavy atom. The average molecular weight is 314 g/mol. The number of benzene rings is 1. The Bertz CT molecular complexity index is 599. The summed E-state index contributed by atoms with van der Waals surface area (Å²) in [6.07, 6.45) is 3.62. The van der Waals surface area contributed by atoms with E-state index in [1.165, 1.54) is 12.1 Å². The summed E-state index contributed by atoms with van der Waals surface area (Å²) >= 11 is 0. The lowest BCUT2D eigenvalue weighted by Gasteiger charge is -2.14. The number of nitro groups is 1. The van der Waals surface area contributed by atoms with Crippen LogP contribution in [0.3, 0.4) is 0 Å². The third kappa shape index (κ3) is 4.70. The van der Waals surface area contributed by atoms with Gasteiger partial charge in [-0.05, 0) is 24.5 Å². The lowest BCUT2D eigenvalue weighted by Crippen LogP contribution is -2.16. The highest BCUT2D eigenvalue weighted by molar-refractivity contribution is 7.91. The first kappa shape index (κ1) is 17.4. The molecule has 1 rings (SSSR count). The number of nitro benzene ring substituents is 1. The fraction of sp³-hybridized carbons (Fsp3) is 0.571. The van der Waals surface area contributed by atoms with E-state index in [1.54, 1.807) is 0 Å². The van der Waals surface area contributed by atoms with Crippen molar-refractivity contribution in [2.45, 2.75) is 44.4 Å². The third-order valence-corrected chi connectivity index (χ3v) is 5.44. The summed E-state index contributed by atoms with van der Waals surface area (Å²) < 4.78 is 24.8. The van der Waals surface area contributed by atoms with Gasteiger partial charge in [-0.25, -0.2) is 8.42 Å². The molecule has 7 heteroatoms. The summed E-state index contributed by atoms with van der Waals surface area (Å²) in [5.41, 5.74) is 5.10. The number of unbranched alkanes of at least 4 members (excludes halogenated alkanes) is 1. The minimum atomic E-state index is -3.53. The van der Waals surface area contributed by atoms with E-state index in [4.69, 9.17) is 5.73 Å². The van der Waals surface area contributed by atoms with Crippen molar-refractivity contribution < 1.29 is 13.3 Å². The van der Waals surface area contributed by atoms with E-state index in [1.807, 2.05) is 6.92 Å². The standard InChI is InChI=1S/C14H22N2O4S/c1-3-5-6-11(4-2)10-21(19,20)12-7-8-13(15)14(9-12)16(17)18/h7-9,11H,3-6,10,15H2,1-2H3. The summed E-state index contributed by atoms with van der Waals surface area (Å²) in [6.45, 7) is 4.02. The molecule has 1 aromatic carbocycles. The molecule has 0 fully saturated rings. The zero-order valence-corrected chi connectivity index (χ0v) is 13.2. The minimum absolute atomic E-state index is 0.0184. The van der Waals surface area contributed by atoms with Gasteiger partial charge in [0.1, 0.15) is 5.69 Å². The number of anilines is 1. The van der Waals surface area contributed by atoms with Crippen LogP contribution >= 0.6 is 0 Å². The normalized spacial score (nSPS) is 13.0. The number of rotatable bonds is 8. The first-order chi connectivity index (χ1) is 9.81. The van der Waals surface area contributed by atoms with Crippen LogP contribution in [0.5, 0.6) is 0 Å². The van der Waals surface area contributed by atoms with Gasteiger partial charge in [-0.3, -0.25) is 10.1 Å². The van der Waals surface area contributed by atoms with Crippen LogP contribution in [0, 0.1) is 16.0 Å². The molecule has 0 spiro atoms. The molecule has 6 nitrogen and oxygen atoms in total. The third-order valence-electron chi connectivity index (χ3n) is 3.56. The van der Waals surface area contributed by atoms with Crippen LogP contribution in [0.1, 0.15) is 39.5 Å². The molecule has 0 aliphatic heterocycles. The monoisotopic (exact) mass is 314 g/mol. The zero-order valence-electron chi connectivity index (χ0n) is 12.4. The molecule has 0 amide bonds. The van der Waals surface area contributed by atoms with Crippen molar-refractivity contribution in [1.29, 1.82) is 0 Å². The smallest absolute Gasteiger partial charge is 0.293 e. The summed E-state index contributed by atoms with van der Waals surface area (Å²) in [5.74, 6) is 0.0939. The second-order valence-electron chi connectivity index (χ2n) is 5.18. The Kier molecular flexibility index (Phi) is 6.14. The highest BCUT2D eigenvalue weighted by Crippen LogP contribution is 2.27. The SMILES string of the molecule is CCCCC(CC)CS(=O)(=O)c1ccc(N)c([N+](=O)[O-])c1. The van der Waals surface area contributed by atoms with E-state index in [0.29, 0.717) is 0 Å². The van der Waals surface area contributed by atoms with Crippen molar-refractivity contribution in [3.05, 3.63) is 28.3 Å². The zero-order chi connectivity index (χ0) is 16.0. The molecule has 2 N–H and O–H groups in total. The Hall–Kier alpha value is -1.63. The Balaban J connectivity index is 3.02. The highest BCUT2D eigenvalue weighted by atomic mass is 32.2. The van der Waals surface area contributed by atoms with Crippen LogP contribution in [0.2, 0.25) is 0 Å². The number of nitrogens with two attached hydrogens (primary N) is 1. The van der Waals surface area contributed by atoms with E-state index >= 15 is 0 Å². The maximum absolute atomic E-state index is 12.4. The van der Waals surface area contributed by atoms with Crippen molar-refractivity contribution in [2.75, 3.05) is 11.5 Å². The average Bonchev–Trinajstić information content (AvgIpc) is 2.43. The predicted octanol–water partition coefficient (Wildman–Crippen LogP) is 3.17. The number of nitrogens with zero attached hydrogens (tertiary/aromatic N) is 1. The predicted molar refractivity (Wildman–Crippen MR) is 82.9 cm³/mol. The van der Waals surface area contributed by atoms with Gasteiger partial charge >= 0.3 is 0 Å². The summed E-state index contributed by atoms with van der Waals surface area (Å²) in [6, 6.07) is 3.67. The van der Waals surface area contributed by atoms with E-state index in [9.17, 15) is 18.5 Å². The molecule has 0 heterocycles. The Morgan fingerprint density at radius 1 is 1.33 bits per heavy atom. The van der Waals surface area contributed by atoms with Crippen LogP contribution in [-0.4, -0.2) is 19.1 Å². The molecule has 0 saturated heterocycles. The first-order valence-corrected chi connectivity index (χ1v) is 8.73. The lowest BCUT2D eigenvalue weighted by molar-refractivity contribution is -0.384. The fourth-order valence-corrected chi connectivity index (χ4v) is 3.96. The second-order valence-corrected chi connectivity index (χ2v) is 7.21. The largest absolute Gasteiger partial charge is 0.393 e. The number of nitrogen functional groups attached to an aromatic ring is 1. The van der Waals surface area contributed by atoms with Crippen LogP contribution in [0.4, 0.5) is 11.4 Å². The van der Waals surface area contributed by atoms with Crippen LogP contribution in [0.15, 0.2) is 23.1 Å². The molecule has 1 unspecified atom stereocenters. The molecule has 0 aliphatic carbocycles. The molecule has 21 heavy (non-hydrogen) atoms. The topological polar surface area (TPSA) is 103 Å². The number of sulfone groups is 1. The van der Waals surface area contributed by atoms with Crippen molar-refractivity contribution in [3.8, 4) is 0 Å². The summed E-state index contributed by atoms with van der Waals surface area (Å²) in [4.78, 5) is 10.2. The van der Waals surface area contributed by atoms with E-state index in [-0.39, 0.29) is 27.9 Å².